The second-order valence-corrected chi connectivity index (χ2v) is 13.5. The Kier molecular flexibility index (Phi) is 6.66. The number of anilines is 1. The van der Waals surface area contributed by atoms with E-state index >= 15 is 0 Å². The molecule has 1 aliphatic carbocycles. The van der Waals surface area contributed by atoms with Gasteiger partial charge in [-0.3, -0.25) is 18.9 Å². The number of H-pyrrole nitrogens is 1. The van der Waals surface area contributed by atoms with Crippen LogP contribution in [0.4, 0.5) is 14.7 Å². The lowest BCUT2D eigenvalue weighted by Crippen LogP contribution is -2.18. The Morgan fingerprint density at radius 2 is 1.97 bits per heavy atom. The molecule has 0 radical (unpaired) electrons. The topological polar surface area (TPSA) is 223 Å². The summed E-state index contributed by atoms with van der Waals surface area (Å²) in [6.07, 6.45) is 4.92. The molecule has 0 saturated heterocycles. The fraction of sp³-hybridized carbons (Fsp3) is 0.417. The third-order valence-corrected chi connectivity index (χ3v) is 10.3. The molecule has 3 rings (SSSR count). The smallest absolute Gasteiger partial charge is 0.369 e. The van der Waals surface area contributed by atoms with Gasteiger partial charge in [-0.25, -0.2) is 9.29 Å². The molecule has 0 aromatic carbocycles. The van der Waals surface area contributed by atoms with Gasteiger partial charge in [-0.05, 0) is 18.2 Å². The number of nitrogens with zero attached hydrogens (tertiary/aromatic N) is 3. The van der Waals surface area contributed by atoms with Crippen molar-refractivity contribution in [3.8, 4) is 0 Å². The fourth-order valence-electron chi connectivity index (χ4n) is 2.84. The van der Waals surface area contributed by atoms with Gasteiger partial charge in [0.1, 0.15) is 0 Å². The summed E-state index contributed by atoms with van der Waals surface area (Å²) in [5, 5.41) is -5.50. The van der Waals surface area contributed by atoms with Crippen LogP contribution in [0.2, 0.25) is 0 Å². The quantitative estimate of drug-likeness (QED) is 0.204. The monoisotopic (exact) mass is 537 g/mol. The molecule has 20 heteroatoms. The van der Waals surface area contributed by atoms with Gasteiger partial charge in [0.15, 0.2) is 11.2 Å². The molecule has 0 bridgehead atoms. The van der Waals surface area contributed by atoms with Crippen molar-refractivity contribution in [2.75, 3.05) is 12.3 Å². The number of nitrogens with two attached hydrogens (primary N) is 1. The van der Waals surface area contributed by atoms with Crippen LogP contribution in [0.15, 0.2) is 23.3 Å². The number of hydrogen-bond acceptors (Lipinski definition) is 9. The molecule has 0 aliphatic heterocycles. The number of nitrogen functional groups attached to an aromatic ring is 1. The summed E-state index contributed by atoms with van der Waals surface area (Å²) < 4.78 is 59.7. The normalized spacial score (nSPS) is 23.3. The second kappa shape index (κ2) is 8.44. The van der Waals surface area contributed by atoms with E-state index in [9.17, 15) is 32.5 Å². The first-order valence-corrected chi connectivity index (χ1v) is 14.2. The van der Waals surface area contributed by atoms with Gasteiger partial charge in [0.05, 0.1) is 19.0 Å². The van der Waals surface area contributed by atoms with Crippen molar-refractivity contribution < 1.29 is 46.3 Å². The van der Waals surface area contributed by atoms with E-state index in [1.807, 2.05) is 0 Å². The number of aromatic nitrogens is 4. The highest BCUT2D eigenvalue weighted by Crippen LogP contribution is 2.77. The van der Waals surface area contributed by atoms with Gasteiger partial charge in [-0.1, -0.05) is 12.2 Å². The summed E-state index contributed by atoms with van der Waals surface area (Å²) in [5.74, 6) is -0.611. The van der Waals surface area contributed by atoms with Crippen LogP contribution in [0.3, 0.4) is 0 Å². The first-order valence-electron chi connectivity index (χ1n) is 8.40. The average Bonchev–Trinajstić information content (AvgIpc) is 3.24. The lowest BCUT2D eigenvalue weighted by molar-refractivity contribution is 0.104. The van der Waals surface area contributed by atoms with Crippen LogP contribution in [-0.2, 0) is 29.8 Å². The molecule has 7 N–H and O–H groups in total. The third kappa shape index (κ3) is 4.92. The van der Waals surface area contributed by atoms with Crippen molar-refractivity contribution in [3.05, 3.63) is 28.8 Å². The van der Waals surface area contributed by atoms with Crippen molar-refractivity contribution in [2.24, 2.45) is 5.92 Å². The van der Waals surface area contributed by atoms with E-state index in [-0.39, 0.29) is 29.6 Å². The zero-order valence-electron chi connectivity index (χ0n) is 15.6. The number of alkyl halides is 2. The minimum atomic E-state index is -6.41. The molecule has 32 heavy (non-hydrogen) atoms. The number of halogens is 2. The molecule has 4 atom stereocenters. The average molecular weight is 537 g/mol. The Morgan fingerprint density at radius 3 is 2.59 bits per heavy atom. The number of aromatic amines is 1. The Bertz CT molecular complexity index is 1280. The minimum Gasteiger partial charge on any atom is -0.369 e. The van der Waals surface area contributed by atoms with E-state index in [1.54, 1.807) is 16.7 Å². The summed E-state index contributed by atoms with van der Waals surface area (Å²) in [5.41, 5.74) is 5.27. The number of fused-ring (bicyclic) bond motifs is 1. The largest absolute Gasteiger partial charge is 0.444 e. The molecule has 0 amide bonds. The molecule has 0 spiro atoms. The summed E-state index contributed by atoms with van der Waals surface area (Å²) in [6.45, 7) is -5.23. The van der Waals surface area contributed by atoms with Gasteiger partial charge >= 0.3 is 27.3 Å². The summed E-state index contributed by atoms with van der Waals surface area (Å²) >= 11 is 4.42. The van der Waals surface area contributed by atoms with Gasteiger partial charge in [0.25, 0.3) is 5.56 Å². The van der Waals surface area contributed by atoms with E-state index in [2.05, 4.69) is 31.1 Å². The van der Waals surface area contributed by atoms with Crippen molar-refractivity contribution >= 4 is 50.8 Å². The number of hydrogen-bond donors (Lipinski definition) is 6. The number of nitrogens with one attached hydrogen (secondary N) is 1. The highest BCUT2D eigenvalue weighted by molar-refractivity contribution is 8.08. The molecule has 2 aromatic heterocycles. The van der Waals surface area contributed by atoms with E-state index in [1.165, 1.54) is 6.33 Å². The SMILES string of the molecule is Nc1nc2c(ncn2[C@H]2C=C[C@@H](COP(O)(=S)OP(=O)(O)C(F)(F)P(=O)(O)O)C2)c(=O)[nH]1. The van der Waals surface area contributed by atoms with Gasteiger partial charge in [0.2, 0.25) is 5.95 Å². The Labute approximate surface area is 182 Å². The number of allylic oxidation sites excluding steroid dienone is 1. The lowest BCUT2D eigenvalue weighted by Gasteiger charge is -2.26. The highest BCUT2D eigenvalue weighted by atomic mass is 32.5. The van der Waals surface area contributed by atoms with Gasteiger partial charge in [-0.15, -0.1) is 0 Å². The Balaban J connectivity index is 1.66. The maximum atomic E-state index is 13.5. The molecular formula is C12H16F2N5O9P3S. The fourth-order valence-corrected chi connectivity index (χ4v) is 7.56. The zero-order valence-corrected chi connectivity index (χ0v) is 19.1. The maximum absolute atomic E-state index is 13.5. The third-order valence-electron chi connectivity index (χ3n) is 4.31. The molecule has 1 aliphatic rings. The lowest BCUT2D eigenvalue weighted by atomic mass is 10.1. The van der Waals surface area contributed by atoms with Gasteiger partial charge in [0, 0.05) is 5.92 Å². The van der Waals surface area contributed by atoms with Crippen LogP contribution in [-0.4, -0.2) is 51.1 Å². The molecule has 178 valence electrons. The molecule has 2 unspecified atom stereocenters. The maximum Gasteiger partial charge on any atom is 0.444 e. The van der Waals surface area contributed by atoms with Crippen LogP contribution in [0.1, 0.15) is 12.5 Å². The van der Waals surface area contributed by atoms with Crippen molar-refractivity contribution in [1.29, 1.82) is 0 Å². The molecule has 14 nitrogen and oxygen atoms in total. The summed E-state index contributed by atoms with van der Waals surface area (Å²) in [4.78, 5) is 58.4. The first-order chi connectivity index (χ1) is 14.5. The van der Waals surface area contributed by atoms with Crippen LogP contribution >= 0.6 is 21.9 Å². The standard InChI is InChI=1S/C12H16F2N5O9P3S/c13-12(14,29(21,22)23)30(24,25)28-31(26,32)27-4-6-1-2-7(3-6)19-5-16-8-9(19)17-11(15)18-10(8)20/h1-2,5-7H,3-4H2,(H,24,25)(H,26,32)(H2,21,22,23)(H3,15,17,18,20)/t6-,7+,31?/m1/s1. The van der Waals surface area contributed by atoms with Gasteiger partial charge in [-0.2, -0.15) is 13.8 Å². The number of imidazole rings is 1. The second-order valence-electron chi connectivity index (χ2n) is 6.64. The van der Waals surface area contributed by atoms with E-state index in [0.29, 0.717) is 0 Å². The predicted molar refractivity (Wildman–Crippen MR) is 109 cm³/mol. The molecular weight excluding hydrogens is 521 g/mol. The van der Waals surface area contributed by atoms with E-state index < -0.39 is 45.4 Å². The van der Waals surface area contributed by atoms with E-state index in [4.69, 9.17) is 20.0 Å². The van der Waals surface area contributed by atoms with Crippen LogP contribution in [0.5, 0.6) is 0 Å². The van der Waals surface area contributed by atoms with Crippen LogP contribution in [0, 0.1) is 5.92 Å². The zero-order chi connectivity index (χ0) is 24.1. The Morgan fingerprint density at radius 1 is 1.31 bits per heavy atom. The van der Waals surface area contributed by atoms with Crippen LogP contribution < -0.4 is 11.3 Å². The highest BCUT2D eigenvalue weighted by Gasteiger charge is 2.66. The molecule has 0 saturated carbocycles. The molecule has 2 aromatic rings. The van der Waals surface area contributed by atoms with Crippen LogP contribution in [0.25, 0.3) is 11.2 Å². The van der Waals surface area contributed by atoms with Crippen molar-refractivity contribution in [3.63, 3.8) is 0 Å². The summed E-state index contributed by atoms with van der Waals surface area (Å²) in [7, 11) is -12.8. The predicted octanol–water partition coefficient (Wildman–Crippen LogP) is 0.982. The molecule has 2 heterocycles. The molecule has 0 fully saturated rings. The van der Waals surface area contributed by atoms with Crippen molar-refractivity contribution in [1.82, 2.24) is 19.5 Å². The van der Waals surface area contributed by atoms with Gasteiger partial charge < -0.3 is 34.4 Å². The minimum absolute atomic E-state index is 0.0521. The first kappa shape index (κ1) is 25.2. The Hall–Kier alpha value is -1.38. The van der Waals surface area contributed by atoms with E-state index in [0.717, 1.165) is 0 Å². The summed E-state index contributed by atoms with van der Waals surface area (Å²) in [6, 6.07) is -0.386. The number of rotatable bonds is 8. The van der Waals surface area contributed by atoms with Crippen molar-refractivity contribution in [2.45, 2.75) is 17.9 Å².